The SMILES string of the molecule is COc1cc(/C=C/C(=O)N(CCN2CCOCC2)c2nc3c(OC)ccc(OC)c3s2)cc(OC)c1OC. The molecule has 10 nitrogen and oxygen atoms in total. The number of hydrogen-bond donors (Lipinski definition) is 0. The van der Waals surface area contributed by atoms with Crippen molar-refractivity contribution in [1.29, 1.82) is 0 Å². The predicted octanol–water partition coefficient (Wildman–Crippen LogP) is 3.72. The van der Waals surface area contributed by atoms with E-state index >= 15 is 0 Å². The van der Waals surface area contributed by atoms with E-state index in [-0.39, 0.29) is 5.91 Å². The Morgan fingerprint density at radius 1 is 0.974 bits per heavy atom. The van der Waals surface area contributed by atoms with Crippen molar-refractivity contribution in [2.45, 2.75) is 0 Å². The maximum atomic E-state index is 13.6. The number of aromatic nitrogens is 1. The van der Waals surface area contributed by atoms with E-state index in [2.05, 4.69) is 4.90 Å². The van der Waals surface area contributed by atoms with Crippen LogP contribution in [0.25, 0.3) is 16.3 Å². The molecule has 0 spiro atoms. The first-order valence-electron chi connectivity index (χ1n) is 12.1. The number of carbonyl (C=O) groups is 1. The lowest BCUT2D eigenvalue weighted by Crippen LogP contribution is -2.42. The van der Waals surface area contributed by atoms with Crippen LogP contribution in [-0.4, -0.2) is 90.7 Å². The van der Waals surface area contributed by atoms with Gasteiger partial charge in [0.2, 0.25) is 5.75 Å². The van der Waals surface area contributed by atoms with Gasteiger partial charge in [-0.2, -0.15) is 0 Å². The summed E-state index contributed by atoms with van der Waals surface area (Å²) < 4.78 is 33.6. The van der Waals surface area contributed by atoms with Gasteiger partial charge in [-0.3, -0.25) is 14.6 Å². The Bertz CT molecular complexity index is 1220. The van der Waals surface area contributed by atoms with Crippen LogP contribution in [0.15, 0.2) is 30.3 Å². The van der Waals surface area contributed by atoms with Gasteiger partial charge in [0.15, 0.2) is 16.6 Å². The highest BCUT2D eigenvalue weighted by atomic mass is 32.1. The van der Waals surface area contributed by atoms with Crippen molar-refractivity contribution in [3.63, 3.8) is 0 Å². The molecule has 4 rings (SSSR count). The van der Waals surface area contributed by atoms with Crippen molar-refractivity contribution in [3.05, 3.63) is 35.9 Å². The largest absolute Gasteiger partial charge is 0.495 e. The molecule has 0 bridgehead atoms. The van der Waals surface area contributed by atoms with Crippen LogP contribution in [-0.2, 0) is 9.53 Å². The second-order valence-electron chi connectivity index (χ2n) is 8.38. The van der Waals surface area contributed by atoms with Crippen LogP contribution in [0.2, 0.25) is 0 Å². The lowest BCUT2D eigenvalue weighted by atomic mass is 10.1. The average Bonchev–Trinajstić information content (AvgIpc) is 3.40. The van der Waals surface area contributed by atoms with Gasteiger partial charge in [-0.1, -0.05) is 11.3 Å². The third-order valence-electron chi connectivity index (χ3n) is 6.24. The van der Waals surface area contributed by atoms with Gasteiger partial charge in [0.05, 0.1) is 48.8 Å². The number of morpholine rings is 1. The summed E-state index contributed by atoms with van der Waals surface area (Å²) in [7, 11) is 7.87. The zero-order valence-corrected chi connectivity index (χ0v) is 23.1. The van der Waals surface area contributed by atoms with Crippen molar-refractivity contribution in [2.24, 2.45) is 0 Å². The Morgan fingerprint density at radius 2 is 1.61 bits per heavy atom. The molecule has 1 aliphatic heterocycles. The second-order valence-corrected chi connectivity index (χ2v) is 9.36. The minimum Gasteiger partial charge on any atom is -0.495 e. The molecule has 0 unspecified atom stereocenters. The number of methoxy groups -OCH3 is 5. The van der Waals surface area contributed by atoms with Crippen molar-refractivity contribution in [3.8, 4) is 28.7 Å². The Morgan fingerprint density at radius 3 is 2.21 bits per heavy atom. The van der Waals surface area contributed by atoms with Gasteiger partial charge in [-0.05, 0) is 35.9 Å². The quantitative estimate of drug-likeness (QED) is 0.336. The summed E-state index contributed by atoms with van der Waals surface area (Å²) in [6.07, 6.45) is 3.25. The van der Waals surface area contributed by atoms with Crippen LogP contribution in [0.5, 0.6) is 28.7 Å². The molecule has 38 heavy (non-hydrogen) atoms. The molecule has 0 aliphatic carbocycles. The van der Waals surface area contributed by atoms with Gasteiger partial charge in [0, 0.05) is 32.3 Å². The summed E-state index contributed by atoms with van der Waals surface area (Å²) in [4.78, 5) is 22.4. The standard InChI is InChI=1S/C27H33N3O7S/c1-32-19-7-8-20(33-2)26-24(19)28-27(38-26)30(11-10-29-12-14-37-15-13-29)23(31)9-6-18-16-21(34-3)25(36-5)22(17-18)35-4/h6-9,16-17H,10-15H2,1-5H3/b9-6+. The number of nitrogens with zero attached hydrogens (tertiary/aromatic N) is 3. The van der Waals surface area contributed by atoms with Gasteiger partial charge in [-0.25, -0.2) is 4.98 Å². The first-order valence-corrected chi connectivity index (χ1v) is 13.0. The molecule has 1 fully saturated rings. The van der Waals surface area contributed by atoms with Crippen LogP contribution in [0.1, 0.15) is 5.56 Å². The normalized spacial score (nSPS) is 14.0. The topological polar surface area (TPSA) is 91.8 Å². The highest BCUT2D eigenvalue weighted by Crippen LogP contribution is 2.41. The van der Waals surface area contributed by atoms with E-state index in [0.717, 1.165) is 23.4 Å². The zero-order chi connectivity index (χ0) is 27.1. The summed E-state index contributed by atoms with van der Waals surface area (Å²) in [5.41, 5.74) is 1.39. The molecule has 1 saturated heterocycles. The lowest BCUT2D eigenvalue weighted by molar-refractivity contribution is -0.114. The molecule has 1 aromatic heterocycles. The molecule has 0 atom stereocenters. The van der Waals surface area contributed by atoms with Gasteiger partial charge < -0.3 is 28.4 Å². The number of rotatable bonds is 11. The molecular formula is C27H33N3O7S. The average molecular weight is 544 g/mol. The predicted molar refractivity (Wildman–Crippen MR) is 147 cm³/mol. The monoisotopic (exact) mass is 543 g/mol. The Balaban J connectivity index is 1.67. The number of fused-ring (bicyclic) bond motifs is 1. The fourth-order valence-corrected chi connectivity index (χ4v) is 5.32. The van der Waals surface area contributed by atoms with E-state index in [0.29, 0.717) is 65.7 Å². The number of carbonyl (C=O) groups excluding carboxylic acids is 1. The summed E-state index contributed by atoms with van der Waals surface area (Å²) in [5, 5.41) is 0.565. The highest BCUT2D eigenvalue weighted by molar-refractivity contribution is 7.22. The Hall–Kier alpha value is -3.54. The van der Waals surface area contributed by atoms with E-state index in [1.54, 1.807) is 58.7 Å². The Kier molecular flexibility index (Phi) is 9.27. The van der Waals surface area contributed by atoms with Crippen molar-refractivity contribution in [1.82, 2.24) is 9.88 Å². The van der Waals surface area contributed by atoms with E-state index in [4.69, 9.17) is 33.4 Å². The van der Waals surface area contributed by atoms with E-state index in [1.165, 1.54) is 17.4 Å². The molecule has 2 aromatic carbocycles. The lowest BCUT2D eigenvalue weighted by Gasteiger charge is -2.28. The molecule has 204 valence electrons. The van der Waals surface area contributed by atoms with E-state index in [1.807, 2.05) is 12.1 Å². The van der Waals surface area contributed by atoms with Crippen molar-refractivity contribution < 1.29 is 33.2 Å². The van der Waals surface area contributed by atoms with Crippen LogP contribution in [0.4, 0.5) is 5.13 Å². The van der Waals surface area contributed by atoms with Crippen molar-refractivity contribution >= 4 is 38.7 Å². The zero-order valence-electron chi connectivity index (χ0n) is 22.3. The summed E-state index contributed by atoms with van der Waals surface area (Å²) in [6, 6.07) is 7.23. The third-order valence-corrected chi connectivity index (χ3v) is 7.34. The number of amides is 1. The van der Waals surface area contributed by atoms with Crippen molar-refractivity contribution in [2.75, 3.05) is 79.8 Å². The van der Waals surface area contributed by atoms with E-state index in [9.17, 15) is 4.79 Å². The molecule has 3 aromatic rings. The van der Waals surface area contributed by atoms with E-state index < -0.39 is 0 Å². The fraction of sp³-hybridized carbons (Fsp3) is 0.407. The number of anilines is 1. The molecule has 0 N–H and O–H groups in total. The van der Waals surface area contributed by atoms with Crippen LogP contribution >= 0.6 is 11.3 Å². The molecule has 11 heteroatoms. The van der Waals surface area contributed by atoms with Gasteiger partial charge in [-0.15, -0.1) is 0 Å². The first-order chi connectivity index (χ1) is 18.5. The summed E-state index contributed by atoms with van der Waals surface area (Å²) in [6.45, 7) is 4.17. The third kappa shape index (κ3) is 5.95. The number of thiazole rings is 1. The molecule has 1 aliphatic rings. The van der Waals surface area contributed by atoms with Crippen LogP contribution in [0, 0.1) is 0 Å². The number of benzene rings is 2. The molecular weight excluding hydrogens is 510 g/mol. The molecule has 0 radical (unpaired) electrons. The van der Waals surface area contributed by atoms with Gasteiger partial charge in [0.25, 0.3) is 5.91 Å². The number of ether oxygens (including phenoxy) is 6. The van der Waals surface area contributed by atoms with Gasteiger partial charge >= 0.3 is 0 Å². The van der Waals surface area contributed by atoms with Crippen LogP contribution < -0.4 is 28.6 Å². The molecule has 0 saturated carbocycles. The maximum Gasteiger partial charge on any atom is 0.252 e. The summed E-state index contributed by atoms with van der Waals surface area (Å²) in [5.74, 6) is 2.60. The Labute approximate surface area is 226 Å². The molecule has 2 heterocycles. The number of hydrogen-bond acceptors (Lipinski definition) is 10. The fourth-order valence-electron chi connectivity index (χ4n) is 4.21. The van der Waals surface area contributed by atoms with Crippen LogP contribution in [0.3, 0.4) is 0 Å². The minimum absolute atomic E-state index is 0.205. The second kappa shape index (κ2) is 12.8. The summed E-state index contributed by atoms with van der Waals surface area (Å²) >= 11 is 1.40. The smallest absolute Gasteiger partial charge is 0.252 e. The first kappa shape index (κ1) is 27.5. The molecule has 1 amide bonds. The highest BCUT2D eigenvalue weighted by Gasteiger charge is 2.23. The minimum atomic E-state index is -0.205. The van der Waals surface area contributed by atoms with Gasteiger partial charge in [0.1, 0.15) is 21.7 Å². The maximum absolute atomic E-state index is 13.6.